The van der Waals surface area contributed by atoms with Crippen LogP contribution in [0, 0.1) is 0 Å². The van der Waals surface area contributed by atoms with E-state index in [2.05, 4.69) is 5.32 Å². The summed E-state index contributed by atoms with van der Waals surface area (Å²) >= 11 is 0. The normalized spacial score (nSPS) is 12.1. The molecule has 6 nitrogen and oxygen atoms in total. The molecule has 1 rings (SSSR count). The van der Waals surface area contributed by atoms with Gasteiger partial charge in [-0.1, -0.05) is 0 Å². The van der Waals surface area contributed by atoms with E-state index in [-0.39, 0.29) is 12.5 Å². The second-order valence-corrected chi connectivity index (χ2v) is 3.77. The van der Waals surface area contributed by atoms with Gasteiger partial charge >= 0.3 is 5.97 Å². The molecule has 1 aromatic heterocycles. The minimum atomic E-state index is -0.980. The molecule has 0 spiro atoms. The zero-order valence-electron chi connectivity index (χ0n) is 9.84. The molecule has 0 aromatic carbocycles. The van der Waals surface area contributed by atoms with Crippen molar-refractivity contribution in [1.29, 1.82) is 0 Å². The third-order valence-corrected chi connectivity index (χ3v) is 2.33. The van der Waals surface area contributed by atoms with Crippen molar-refractivity contribution in [3.05, 3.63) is 24.2 Å². The lowest BCUT2D eigenvalue weighted by atomic mass is 10.3. The zero-order valence-corrected chi connectivity index (χ0v) is 9.84. The molecule has 0 aliphatic heterocycles. The number of amides is 1. The smallest absolute Gasteiger partial charge is 0.320 e. The number of carbonyl (C=O) groups excluding carboxylic acids is 1. The van der Waals surface area contributed by atoms with E-state index in [0.717, 1.165) is 0 Å². The van der Waals surface area contributed by atoms with Crippen LogP contribution in [0.3, 0.4) is 0 Å². The summed E-state index contributed by atoms with van der Waals surface area (Å²) in [7, 11) is 1.64. The van der Waals surface area contributed by atoms with Gasteiger partial charge in [-0.2, -0.15) is 0 Å². The minimum Gasteiger partial charge on any atom is -0.480 e. The highest BCUT2D eigenvalue weighted by atomic mass is 16.4. The van der Waals surface area contributed by atoms with Crippen molar-refractivity contribution in [3.63, 3.8) is 0 Å². The molecule has 0 saturated heterocycles. The summed E-state index contributed by atoms with van der Waals surface area (Å²) in [6.07, 6.45) is 1.54. The second kappa shape index (κ2) is 6.05. The van der Waals surface area contributed by atoms with Crippen LogP contribution in [0.4, 0.5) is 0 Å². The SMILES string of the molecule is C[C@H](NCC(=O)N(C)Cc1ccco1)C(=O)O. The summed E-state index contributed by atoms with van der Waals surface area (Å²) in [4.78, 5) is 23.6. The Labute approximate surface area is 99.2 Å². The molecule has 0 bridgehead atoms. The number of carbonyl (C=O) groups is 2. The van der Waals surface area contributed by atoms with Gasteiger partial charge in [0.25, 0.3) is 0 Å². The van der Waals surface area contributed by atoms with Gasteiger partial charge in [0.15, 0.2) is 0 Å². The fraction of sp³-hybridized carbons (Fsp3) is 0.455. The molecule has 1 atom stereocenters. The second-order valence-electron chi connectivity index (χ2n) is 3.77. The van der Waals surface area contributed by atoms with E-state index < -0.39 is 12.0 Å². The van der Waals surface area contributed by atoms with Crippen molar-refractivity contribution in [1.82, 2.24) is 10.2 Å². The highest BCUT2D eigenvalue weighted by molar-refractivity contribution is 5.79. The minimum absolute atomic E-state index is 0.00925. The fourth-order valence-electron chi connectivity index (χ4n) is 1.19. The number of rotatable bonds is 6. The molecule has 6 heteroatoms. The molecule has 0 aliphatic rings. The summed E-state index contributed by atoms with van der Waals surface area (Å²) in [6.45, 7) is 1.85. The number of nitrogens with one attached hydrogen (secondary N) is 1. The van der Waals surface area contributed by atoms with Crippen LogP contribution in [0.5, 0.6) is 0 Å². The average Bonchev–Trinajstić information content (AvgIpc) is 2.77. The summed E-state index contributed by atoms with van der Waals surface area (Å²) in [5.74, 6) is -0.479. The largest absolute Gasteiger partial charge is 0.480 e. The molecule has 1 aromatic rings. The predicted octanol–water partition coefficient (Wildman–Crippen LogP) is 0.301. The van der Waals surface area contributed by atoms with Gasteiger partial charge in [0.05, 0.1) is 19.4 Å². The van der Waals surface area contributed by atoms with Crippen molar-refractivity contribution in [2.45, 2.75) is 19.5 Å². The lowest BCUT2D eigenvalue weighted by Gasteiger charge is -2.17. The maximum absolute atomic E-state index is 11.6. The highest BCUT2D eigenvalue weighted by Crippen LogP contribution is 2.03. The van der Waals surface area contributed by atoms with Crippen LogP contribution >= 0.6 is 0 Å². The van der Waals surface area contributed by atoms with Gasteiger partial charge in [-0.25, -0.2) is 0 Å². The topological polar surface area (TPSA) is 82.8 Å². The van der Waals surface area contributed by atoms with E-state index in [9.17, 15) is 9.59 Å². The third kappa shape index (κ3) is 4.28. The van der Waals surface area contributed by atoms with E-state index in [1.54, 1.807) is 25.4 Å². The van der Waals surface area contributed by atoms with E-state index >= 15 is 0 Å². The van der Waals surface area contributed by atoms with E-state index in [0.29, 0.717) is 12.3 Å². The number of furan rings is 1. The number of carboxylic acids is 1. The van der Waals surface area contributed by atoms with Gasteiger partial charge in [0.1, 0.15) is 11.8 Å². The van der Waals surface area contributed by atoms with Gasteiger partial charge in [-0.15, -0.1) is 0 Å². The van der Waals surface area contributed by atoms with Gasteiger partial charge in [0.2, 0.25) is 5.91 Å². The third-order valence-electron chi connectivity index (χ3n) is 2.33. The number of aliphatic carboxylic acids is 1. The van der Waals surface area contributed by atoms with Crippen LogP contribution in [-0.4, -0.2) is 41.5 Å². The van der Waals surface area contributed by atoms with E-state index in [1.807, 2.05) is 0 Å². The first kappa shape index (κ1) is 13.2. The Hall–Kier alpha value is -1.82. The van der Waals surface area contributed by atoms with Crippen LogP contribution in [0.25, 0.3) is 0 Å². The van der Waals surface area contributed by atoms with Crippen LogP contribution < -0.4 is 5.32 Å². The summed E-state index contributed by atoms with van der Waals surface area (Å²) in [5, 5.41) is 11.3. The standard InChI is InChI=1S/C11H16N2O4/c1-8(11(15)16)12-6-10(14)13(2)7-9-4-3-5-17-9/h3-5,8,12H,6-7H2,1-2H3,(H,15,16)/t8-/m0/s1. The Bertz CT molecular complexity index is 375. The van der Waals surface area contributed by atoms with Crippen LogP contribution in [-0.2, 0) is 16.1 Å². The maximum Gasteiger partial charge on any atom is 0.320 e. The maximum atomic E-state index is 11.6. The molecule has 0 unspecified atom stereocenters. The van der Waals surface area contributed by atoms with Crippen LogP contribution in [0.2, 0.25) is 0 Å². The summed E-state index contributed by atoms with van der Waals surface area (Å²) in [5.41, 5.74) is 0. The highest BCUT2D eigenvalue weighted by Gasteiger charge is 2.14. The monoisotopic (exact) mass is 240 g/mol. The number of likely N-dealkylation sites (N-methyl/N-ethyl adjacent to an activating group) is 1. The summed E-state index contributed by atoms with van der Waals surface area (Å²) in [6, 6.07) is 2.78. The Morgan fingerprint density at radius 2 is 2.29 bits per heavy atom. The molecule has 17 heavy (non-hydrogen) atoms. The number of hydrogen-bond donors (Lipinski definition) is 2. The molecular weight excluding hydrogens is 224 g/mol. The Morgan fingerprint density at radius 3 is 2.82 bits per heavy atom. The van der Waals surface area contributed by atoms with Crippen LogP contribution in [0.1, 0.15) is 12.7 Å². The van der Waals surface area contributed by atoms with Crippen LogP contribution in [0.15, 0.2) is 22.8 Å². The molecule has 0 radical (unpaired) electrons. The van der Waals surface area contributed by atoms with Crippen molar-refractivity contribution in [2.75, 3.05) is 13.6 Å². The predicted molar refractivity (Wildman–Crippen MR) is 60.3 cm³/mol. The summed E-state index contributed by atoms with van der Waals surface area (Å²) < 4.78 is 5.11. The van der Waals surface area contributed by atoms with Gasteiger partial charge in [0, 0.05) is 7.05 Å². The molecule has 0 saturated carbocycles. The molecule has 0 aliphatic carbocycles. The van der Waals surface area contributed by atoms with E-state index in [1.165, 1.54) is 11.8 Å². The molecule has 1 amide bonds. The lowest BCUT2D eigenvalue weighted by Crippen LogP contribution is -2.41. The fourth-order valence-corrected chi connectivity index (χ4v) is 1.19. The Balaban J connectivity index is 2.34. The lowest BCUT2D eigenvalue weighted by molar-refractivity contribution is -0.139. The molecule has 2 N–H and O–H groups in total. The number of carboxylic acid groups (broad SMARTS) is 1. The van der Waals surface area contributed by atoms with Crippen molar-refractivity contribution < 1.29 is 19.1 Å². The first-order valence-electron chi connectivity index (χ1n) is 5.23. The van der Waals surface area contributed by atoms with Gasteiger partial charge in [-0.3, -0.25) is 14.9 Å². The average molecular weight is 240 g/mol. The van der Waals surface area contributed by atoms with Crippen molar-refractivity contribution in [2.24, 2.45) is 0 Å². The number of nitrogens with zero attached hydrogens (tertiary/aromatic N) is 1. The zero-order chi connectivity index (χ0) is 12.8. The van der Waals surface area contributed by atoms with E-state index in [4.69, 9.17) is 9.52 Å². The molecule has 94 valence electrons. The molecule has 1 heterocycles. The quantitative estimate of drug-likeness (QED) is 0.747. The number of hydrogen-bond acceptors (Lipinski definition) is 4. The first-order chi connectivity index (χ1) is 8.00. The van der Waals surface area contributed by atoms with Gasteiger partial charge < -0.3 is 14.4 Å². The Morgan fingerprint density at radius 1 is 1.59 bits per heavy atom. The Kier molecular flexibility index (Phi) is 4.71. The van der Waals surface area contributed by atoms with Crippen molar-refractivity contribution >= 4 is 11.9 Å². The van der Waals surface area contributed by atoms with Crippen molar-refractivity contribution in [3.8, 4) is 0 Å². The first-order valence-corrected chi connectivity index (χ1v) is 5.23. The molecule has 0 fully saturated rings. The molecular formula is C11H16N2O4. The van der Waals surface area contributed by atoms with Gasteiger partial charge in [-0.05, 0) is 19.1 Å².